The number of aromatic nitrogens is 3. The molecule has 50 heavy (non-hydrogen) atoms. The van der Waals surface area contributed by atoms with Crippen molar-refractivity contribution in [2.75, 3.05) is 0 Å². The first kappa shape index (κ1) is 28.5. The van der Waals surface area contributed by atoms with Crippen LogP contribution in [0.25, 0.3) is 77.7 Å². The van der Waals surface area contributed by atoms with Gasteiger partial charge in [0.05, 0.1) is 39.3 Å². The molecule has 3 aromatic heterocycles. The second-order valence-electron chi connectivity index (χ2n) is 12.9. The third-order valence-electron chi connectivity index (χ3n) is 10.00. The summed E-state index contributed by atoms with van der Waals surface area (Å²) in [6, 6.07) is 58.5. The van der Waals surface area contributed by atoms with Crippen molar-refractivity contribution in [2.45, 2.75) is 12.8 Å². The number of aliphatic imine (C=N–C) groups is 1. The minimum Gasteiger partial charge on any atom is -0.311 e. The van der Waals surface area contributed by atoms with E-state index in [1.807, 2.05) is 0 Å². The fraction of sp³-hybridized carbons (Fsp3) is 0.0435. The van der Waals surface area contributed by atoms with Crippen LogP contribution in [0.1, 0.15) is 12.1 Å². The molecule has 0 amide bonds. The lowest BCUT2D eigenvalue weighted by molar-refractivity contribution is 0.911. The molecule has 0 radical (unpaired) electrons. The van der Waals surface area contributed by atoms with E-state index >= 15 is 0 Å². The maximum atomic E-state index is 5.19. The predicted octanol–water partition coefficient (Wildman–Crippen LogP) is 11.8. The van der Waals surface area contributed by atoms with Crippen LogP contribution in [0.5, 0.6) is 0 Å². The van der Waals surface area contributed by atoms with Gasteiger partial charge in [0.1, 0.15) is 0 Å². The normalized spacial score (nSPS) is 12.6. The number of fused-ring (bicyclic) bond motifs is 6. The first-order valence-corrected chi connectivity index (χ1v) is 17.2. The largest absolute Gasteiger partial charge is 0.311 e. The monoisotopic (exact) mass is 640 g/mol. The van der Waals surface area contributed by atoms with E-state index in [1.165, 1.54) is 38.6 Å². The van der Waals surface area contributed by atoms with Crippen molar-refractivity contribution in [1.82, 2.24) is 14.1 Å². The SMILES string of the molecule is C1=Nc2c(n(-c3cc(-c4ccccc4)nc(-c4ccccc4)c3)c3cc(-c4cccc5c6ccccc6n(-c6ccccc6)c45)ccc23)CC1. The summed E-state index contributed by atoms with van der Waals surface area (Å²) in [4.78, 5) is 10.2. The summed E-state index contributed by atoms with van der Waals surface area (Å²) in [5.41, 5.74) is 14.6. The summed E-state index contributed by atoms with van der Waals surface area (Å²) >= 11 is 0. The molecule has 0 fully saturated rings. The highest BCUT2D eigenvalue weighted by atomic mass is 15.0. The zero-order valence-electron chi connectivity index (χ0n) is 27.4. The van der Waals surface area contributed by atoms with E-state index in [9.17, 15) is 0 Å². The molecule has 0 unspecified atom stereocenters. The molecule has 4 nitrogen and oxygen atoms in total. The van der Waals surface area contributed by atoms with Crippen molar-refractivity contribution in [3.63, 3.8) is 0 Å². The number of pyridine rings is 1. The fourth-order valence-electron chi connectivity index (χ4n) is 7.77. The van der Waals surface area contributed by atoms with E-state index in [0.717, 1.165) is 63.3 Å². The number of nitrogens with zero attached hydrogens (tertiary/aromatic N) is 4. The Labute approximate surface area is 290 Å². The van der Waals surface area contributed by atoms with Crippen LogP contribution >= 0.6 is 0 Å². The van der Waals surface area contributed by atoms with Gasteiger partial charge in [0, 0.05) is 50.4 Å². The molecule has 6 aromatic carbocycles. The molecule has 0 bridgehead atoms. The van der Waals surface area contributed by atoms with Crippen molar-refractivity contribution in [3.8, 4) is 45.0 Å². The highest BCUT2D eigenvalue weighted by Gasteiger charge is 2.23. The third kappa shape index (κ3) is 4.53. The Morgan fingerprint density at radius 2 is 1.12 bits per heavy atom. The number of rotatable bonds is 5. The summed E-state index contributed by atoms with van der Waals surface area (Å²) < 4.78 is 4.86. The molecular formula is C46H32N4. The molecule has 236 valence electrons. The van der Waals surface area contributed by atoms with Gasteiger partial charge < -0.3 is 9.13 Å². The maximum absolute atomic E-state index is 5.19. The molecule has 1 aliphatic rings. The van der Waals surface area contributed by atoms with Crippen LogP contribution in [0.4, 0.5) is 5.69 Å². The number of hydrogen-bond donors (Lipinski definition) is 0. The minimum atomic E-state index is 0.912. The van der Waals surface area contributed by atoms with Crippen molar-refractivity contribution in [3.05, 3.63) is 169 Å². The highest BCUT2D eigenvalue weighted by molar-refractivity contribution is 6.14. The van der Waals surface area contributed by atoms with Gasteiger partial charge in [-0.3, -0.25) is 4.99 Å². The van der Waals surface area contributed by atoms with Crippen molar-refractivity contribution >= 4 is 44.6 Å². The van der Waals surface area contributed by atoms with Crippen molar-refractivity contribution in [2.24, 2.45) is 4.99 Å². The summed E-state index contributed by atoms with van der Waals surface area (Å²) in [6.07, 6.45) is 3.90. The Morgan fingerprint density at radius 3 is 1.86 bits per heavy atom. The lowest BCUT2D eigenvalue weighted by atomic mass is 10.0. The van der Waals surface area contributed by atoms with Gasteiger partial charge in [-0.15, -0.1) is 0 Å². The first-order chi connectivity index (χ1) is 24.8. The van der Waals surface area contributed by atoms with Gasteiger partial charge >= 0.3 is 0 Å². The summed E-state index contributed by atoms with van der Waals surface area (Å²) in [5.74, 6) is 0. The molecule has 0 aliphatic carbocycles. The average Bonchev–Trinajstić information content (AvgIpc) is 3.71. The summed E-state index contributed by atoms with van der Waals surface area (Å²) in [5, 5.41) is 3.66. The zero-order valence-corrected chi connectivity index (χ0v) is 27.4. The van der Waals surface area contributed by atoms with Crippen LogP contribution in [0, 0.1) is 0 Å². The number of benzene rings is 6. The minimum absolute atomic E-state index is 0.912. The topological polar surface area (TPSA) is 35.1 Å². The van der Waals surface area contributed by atoms with E-state index in [0.29, 0.717) is 0 Å². The lowest BCUT2D eigenvalue weighted by Crippen LogP contribution is -2.04. The van der Waals surface area contributed by atoms with Crippen LogP contribution < -0.4 is 0 Å². The first-order valence-electron chi connectivity index (χ1n) is 17.2. The van der Waals surface area contributed by atoms with Gasteiger partial charge in [-0.2, -0.15) is 0 Å². The molecule has 0 saturated heterocycles. The van der Waals surface area contributed by atoms with E-state index < -0.39 is 0 Å². The molecule has 4 heterocycles. The van der Waals surface area contributed by atoms with Gasteiger partial charge in [0.2, 0.25) is 0 Å². The van der Waals surface area contributed by atoms with Gasteiger partial charge in [-0.1, -0.05) is 127 Å². The van der Waals surface area contributed by atoms with E-state index in [-0.39, 0.29) is 0 Å². The van der Waals surface area contributed by atoms with Gasteiger partial charge in [0.15, 0.2) is 0 Å². The molecular weight excluding hydrogens is 609 g/mol. The van der Waals surface area contributed by atoms with Gasteiger partial charge in [-0.05, 0) is 54.8 Å². The Morgan fingerprint density at radius 1 is 0.460 bits per heavy atom. The average molecular weight is 641 g/mol. The molecule has 1 aliphatic heterocycles. The zero-order chi connectivity index (χ0) is 33.0. The second kappa shape index (κ2) is 11.6. The van der Waals surface area contributed by atoms with E-state index in [2.05, 4.69) is 179 Å². The predicted molar refractivity (Wildman–Crippen MR) is 208 cm³/mol. The second-order valence-corrected chi connectivity index (χ2v) is 12.9. The quantitative estimate of drug-likeness (QED) is 0.184. The van der Waals surface area contributed by atoms with Crippen molar-refractivity contribution < 1.29 is 0 Å². The van der Waals surface area contributed by atoms with Crippen LogP contribution in [-0.2, 0) is 6.42 Å². The van der Waals surface area contributed by atoms with Crippen LogP contribution in [0.3, 0.4) is 0 Å². The van der Waals surface area contributed by atoms with Gasteiger partial charge in [-0.25, -0.2) is 4.98 Å². The molecule has 10 rings (SSSR count). The molecule has 0 N–H and O–H groups in total. The number of hydrogen-bond acceptors (Lipinski definition) is 2. The smallest absolute Gasteiger partial charge is 0.0917 e. The Bertz CT molecular complexity index is 2680. The van der Waals surface area contributed by atoms with Crippen molar-refractivity contribution in [1.29, 1.82) is 0 Å². The molecule has 0 spiro atoms. The standard InChI is InChI=1S/C46H32N4/c1-4-14-31(15-5-1)40-29-35(30-41(48-40)32-16-6-2-7-17-32)49-43-24-13-27-47-45(43)39-26-25-33(28-44(39)49)36-21-12-22-38-37-20-10-11-23-42(37)50(46(36)38)34-18-8-3-9-19-34/h1-12,14-23,25-30H,13,24H2. The third-order valence-corrected chi connectivity index (χ3v) is 10.00. The summed E-state index contributed by atoms with van der Waals surface area (Å²) in [7, 11) is 0. The van der Waals surface area contributed by atoms with E-state index in [4.69, 9.17) is 9.98 Å². The Kier molecular flexibility index (Phi) is 6.59. The Hall–Kier alpha value is -6.52. The van der Waals surface area contributed by atoms with Crippen LogP contribution in [-0.4, -0.2) is 20.3 Å². The number of para-hydroxylation sites is 3. The maximum Gasteiger partial charge on any atom is 0.0917 e. The molecule has 9 aromatic rings. The molecule has 0 atom stereocenters. The highest BCUT2D eigenvalue weighted by Crippen LogP contribution is 2.43. The van der Waals surface area contributed by atoms with Gasteiger partial charge in [0.25, 0.3) is 0 Å². The van der Waals surface area contributed by atoms with Crippen LogP contribution in [0.2, 0.25) is 0 Å². The van der Waals surface area contributed by atoms with E-state index in [1.54, 1.807) is 0 Å². The fourth-order valence-corrected chi connectivity index (χ4v) is 7.77. The summed E-state index contributed by atoms with van der Waals surface area (Å²) in [6.45, 7) is 0. The lowest BCUT2D eigenvalue weighted by Gasteiger charge is -2.16. The Balaban J connectivity index is 1.26. The van der Waals surface area contributed by atoms with Crippen LogP contribution in [0.15, 0.2) is 169 Å². The molecule has 0 saturated carbocycles. The molecule has 4 heteroatoms.